The second-order valence-electron chi connectivity index (χ2n) is 6.61. The highest BCUT2D eigenvalue weighted by Gasteiger charge is 2.29. The number of nitrogens with one attached hydrogen (secondary N) is 2. The number of H-pyrrole nitrogens is 1. The molecule has 0 aliphatic heterocycles. The summed E-state index contributed by atoms with van der Waals surface area (Å²) in [4.78, 5) is 41.0. The van der Waals surface area contributed by atoms with E-state index in [1.54, 1.807) is 50.2 Å². The third-order valence-corrected chi connectivity index (χ3v) is 4.47. The summed E-state index contributed by atoms with van der Waals surface area (Å²) < 4.78 is 5.16. The van der Waals surface area contributed by atoms with Crippen LogP contribution in [0.2, 0.25) is 0 Å². The minimum absolute atomic E-state index is 0.0568. The molecule has 1 aromatic heterocycles. The van der Waals surface area contributed by atoms with Crippen molar-refractivity contribution in [2.24, 2.45) is 0 Å². The standard InChI is InChI=1S/C23H22N2O4/c1-4-29-23(28)18-15(3)24-20(19(18)16-8-6-5-7-9-16)21(26)22(27)25-17-12-10-14(2)11-13-17/h5-13,24H,4H2,1-3H3,(H,25,27). The first-order chi connectivity index (χ1) is 13.9. The summed E-state index contributed by atoms with van der Waals surface area (Å²) in [6, 6.07) is 16.1. The van der Waals surface area contributed by atoms with Gasteiger partial charge in [0, 0.05) is 16.9 Å². The van der Waals surface area contributed by atoms with E-state index in [2.05, 4.69) is 10.3 Å². The zero-order valence-corrected chi connectivity index (χ0v) is 16.5. The van der Waals surface area contributed by atoms with Crippen molar-refractivity contribution >= 4 is 23.3 Å². The monoisotopic (exact) mass is 390 g/mol. The Bertz CT molecular complexity index is 1050. The van der Waals surface area contributed by atoms with Crippen LogP contribution in [-0.2, 0) is 9.53 Å². The number of hydrogen-bond donors (Lipinski definition) is 2. The third kappa shape index (κ3) is 4.27. The Balaban J connectivity index is 2.02. The number of esters is 1. The van der Waals surface area contributed by atoms with Gasteiger partial charge in [-0.05, 0) is 38.5 Å². The molecule has 0 saturated heterocycles. The number of hydrogen-bond acceptors (Lipinski definition) is 4. The number of carbonyl (C=O) groups is 3. The summed E-state index contributed by atoms with van der Waals surface area (Å²) in [5.74, 6) is -2.09. The highest BCUT2D eigenvalue weighted by molar-refractivity contribution is 6.47. The van der Waals surface area contributed by atoms with Crippen molar-refractivity contribution in [1.82, 2.24) is 4.98 Å². The van der Waals surface area contributed by atoms with Gasteiger partial charge in [0.1, 0.15) is 5.69 Å². The van der Waals surface area contributed by atoms with Crippen LogP contribution in [0, 0.1) is 13.8 Å². The van der Waals surface area contributed by atoms with Gasteiger partial charge in [0.2, 0.25) is 0 Å². The van der Waals surface area contributed by atoms with Crippen molar-refractivity contribution in [2.75, 3.05) is 11.9 Å². The molecule has 0 aliphatic rings. The average Bonchev–Trinajstić information content (AvgIpc) is 3.07. The second kappa shape index (κ2) is 8.56. The summed E-state index contributed by atoms with van der Waals surface area (Å²) in [6.07, 6.45) is 0. The van der Waals surface area contributed by atoms with E-state index in [4.69, 9.17) is 4.74 Å². The van der Waals surface area contributed by atoms with Gasteiger partial charge in [0.25, 0.3) is 11.7 Å². The lowest BCUT2D eigenvalue weighted by molar-refractivity contribution is -0.112. The fourth-order valence-corrected chi connectivity index (χ4v) is 3.09. The largest absolute Gasteiger partial charge is 0.462 e. The van der Waals surface area contributed by atoms with Crippen LogP contribution in [0.3, 0.4) is 0 Å². The molecule has 0 saturated carbocycles. The molecule has 0 unspecified atom stereocenters. The van der Waals surface area contributed by atoms with E-state index >= 15 is 0 Å². The van der Waals surface area contributed by atoms with E-state index in [9.17, 15) is 14.4 Å². The molecule has 1 heterocycles. The summed E-state index contributed by atoms with van der Waals surface area (Å²) in [7, 11) is 0. The molecule has 1 amide bonds. The lowest BCUT2D eigenvalue weighted by Gasteiger charge is -2.08. The minimum atomic E-state index is -0.789. The molecule has 0 aliphatic carbocycles. The highest BCUT2D eigenvalue weighted by Crippen LogP contribution is 2.31. The van der Waals surface area contributed by atoms with Gasteiger partial charge in [-0.1, -0.05) is 48.0 Å². The van der Waals surface area contributed by atoms with Crippen LogP contribution >= 0.6 is 0 Å². The van der Waals surface area contributed by atoms with E-state index in [-0.39, 0.29) is 17.9 Å². The molecular formula is C23H22N2O4. The van der Waals surface area contributed by atoms with Gasteiger partial charge in [0.15, 0.2) is 0 Å². The molecule has 148 valence electrons. The van der Waals surface area contributed by atoms with Crippen LogP contribution in [0.4, 0.5) is 5.69 Å². The van der Waals surface area contributed by atoms with Crippen LogP contribution in [0.5, 0.6) is 0 Å². The quantitative estimate of drug-likeness (QED) is 0.373. The van der Waals surface area contributed by atoms with Crippen molar-refractivity contribution in [3.05, 3.63) is 77.1 Å². The Labute approximate surface area is 168 Å². The maximum absolute atomic E-state index is 13.0. The average molecular weight is 390 g/mol. The minimum Gasteiger partial charge on any atom is -0.462 e. The Morgan fingerprint density at radius 2 is 1.62 bits per heavy atom. The van der Waals surface area contributed by atoms with Crippen LogP contribution in [0.15, 0.2) is 54.6 Å². The van der Waals surface area contributed by atoms with Gasteiger partial charge in [-0.25, -0.2) is 4.79 Å². The van der Waals surface area contributed by atoms with Gasteiger partial charge in [-0.3, -0.25) is 9.59 Å². The number of aromatic amines is 1. The molecular weight excluding hydrogens is 368 g/mol. The maximum Gasteiger partial charge on any atom is 0.340 e. The summed E-state index contributed by atoms with van der Waals surface area (Å²) >= 11 is 0. The first-order valence-electron chi connectivity index (χ1n) is 9.29. The molecule has 3 aromatic rings. The van der Waals surface area contributed by atoms with Gasteiger partial charge in [0.05, 0.1) is 12.2 Å². The van der Waals surface area contributed by atoms with Gasteiger partial charge in [-0.15, -0.1) is 0 Å². The number of aryl methyl sites for hydroxylation is 2. The number of rotatable bonds is 6. The van der Waals surface area contributed by atoms with Crippen LogP contribution in [0.1, 0.15) is 39.0 Å². The molecule has 29 heavy (non-hydrogen) atoms. The number of Topliss-reactive ketones (excluding diaryl/α,β-unsaturated/α-hetero) is 1. The summed E-state index contributed by atoms with van der Waals surface area (Å²) in [5, 5.41) is 2.60. The van der Waals surface area contributed by atoms with E-state index in [0.29, 0.717) is 22.5 Å². The predicted molar refractivity (Wildman–Crippen MR) is 111 cm³/mol. The van der Waals surface area contributed by atoms with E-state index in [0.717, 1.165) is 5.56 Å². The third-order valence-electron chi connectivity index (χ3n) is 4.47. The fourth-order valence-electron chi connectivity index (χ4n) is 3.09. The smallest absolute Gasteiger partial charge is 0.340 e. The fraction of sp³-hybridized carbons (Fsp3) is 0.174. The number of anilines is 1. The van der Waals surface area contributed by atoms with Crippen molar-refractivity contribution < 1.29 is 19.1 Å². The molecule has 0 fully saturated rings. The molecule has 0 spiro atoms. The number of carbonyl (C=O) groups excluding carboxylic acids is 3. The predicted octanol–water partition coefficient (Wildman–Crippen LogP) is 4.30. The van der Waals surface area contributed by atoms with E-state index in [1.165, 1.54) is 0 Å². The molecule has 6 nitrogen and oxygen atoms in total. The number of ether oxygens (including phenoxy) is 1. The normalized spacial score (nSPS) is 10.4. The molecule has 6 heteroatoms. The Hall–Kier alpha value is -3.67. The van der Waals surface area contributed by atoms with Crippen LogP contribution in [0.25, 0.3) is 11.1 Å². The lowest BCUT2D eigenvalue weighted by Crippen LogP contribution is -2.23. The Morgan fingerprint density at radius 3 is 2.24 bits per heavy atom. The number of amides is 1. The van der Waals surface area contributed by atoms with Crippen molar-refractivity contribution in [3.63, 3.8) is 0 Å². The van der Waals surface area contributed by atoms with Crippen LogP contribution < -0.4 is 5.32 Å². The van der Waals surface area contributed by atoms with E-state index < -0.39 is 17.7 Å². The number of benzene rings is 2. The van der Waals surface area contributed by atoms with Crippen molar-refractivity contribution in [1.29, 1.82) is 0 Å². The first kappa shape index (κ1) is 20.1. The molecule has 0 bridgehead atoms. The zero-order valence-electron chi connectivity index (χ0n) is 16.5. The molecule has 2 aromatic carbocycles. The molecule has 0 radical (unpaired) electrons. The van der Waals surface area contributed by atoms with Gasteiger partial charge < -0.3 is 15.0 Å². The van der Waals surface area contributed by atoms with Crippen LogP contribution in [-0.4, -0.2) is 29.3 Å². The number of ketones is 1. The zero-order chi connectivity index (χ0) is 21.0. The second-order valence-corrected chi connectivity index (χ2v) is 6.61. The van der Waals surface area contributed by atoms with E-state index in [1.807, 2.05) is 25.1 Å². The van der Waals surface area contributed by atoms with Crippen molar-refractivity contribution in [3.8, 4) is 11.1 Å². The van der Waals surface area contributed by atoms with Gasteiger partial charge in [-0.2, -0.15) is 0 Å². The molecule has 0 atom stereocenters. The lowest BCUT2D eigenvalue weighted by atomic mass is 9.98. The number of aromatic nitrogens is 1. The molecule has 3 rings (SSSR count). The maximum atomic E-state index is 13.0. The van der Waals surface area contributed by atoms with Crippen molar-refractivity contribution in [2.45, 2.75) is 20.8 Å². The Kier molecular flexibility index (Phi) is 5.93. The molecule has 2 N–H and O–H groups in total. The topological polar surface area (TPSA) is 88.3 Å². The first-order valence-corrected chi connectivity index (χ1v) is 9.29. The Morgan fingerprint density at radius 1 is 0.966 bits per heavy atom. The summed E-state index contributed by atoms with van der Waals surface area (Å²) in [6.45, 7) is 5.52. The summed E-state index contributed by atoms with van der Waals surface area (Å²) in [5.41, 5.74) is 3.35. The highest BCUT2D eigenvalue weighted by atomic mass is 16.5. The SMILES string of the molecule is CCOC(=O)c1c(C)[nH]c(C(=O)C(=O)Nc2ccc(C)cc2)c1-c1ccccc1. The van der Waals surface area contributed by atoms with Gasteiger partial charge >= 0.3 is 5.97 Å².